The SMILES string of the molecule is CCN(CC)CCCNCCCc1ccc(OC(C)C)c(N)c1. The predicted molar refractivity (Wildman–Crippen MR) is 100 cm³/mol. The van der Waals surface area contributed by atoms with E-state index in [9.17, 15) is 0 Å². The summed E-state index contributed by atoms with van der Waals surface area (Å²) in [7, 11) is 0. The number of nitrogens with one attached hydrogen (secondary N) is 1. The molecule has 0 unspecified atom stereocenters. The van der Waals surface area contributed by atoms with Crippen molar-refractivity contribution in [3.8, 4) is 5.75 Å². The minimum Gasteiger partial charge on any atom is -0.489 e. The zero-order valence-electron chi connectivity index (χ0n) is 15.4. The van der Waals surface area contributed by atoms with E-state index >= 15 is 0 Å². The molecule has 0 aliphatic rings. The Kier molecular flexibility index (Phi) is 9.72. The molecule has 0 aromatic heterocycles. The minimum atomic E-state index is 0.156. The van der Waals surface area contributed by atoms with Crippen molar-refractivity contribution in [2.24, 2.45) is 0 Å². The summed E-state index contributed by atoms with van der Waals surface area (Å²) in [5, 5.41) is 3.53. The smallest absolute Gasteiger partial charge is 0.142 e. The van der Waals surface area contributed by atoms with Gasteiger partial charge >= 0.3 is 0 Å². The van der Waals surface area contributed by atoms with E-state index in [4.69, 9.17) is 10.5 Å². The Hall–Kier alpha value is -1.26. The molecule has 0 aliphatic heterocycles. The Balaban J connectivity index is 2.17. The molecule has 0 spiro atoms. The van der Waals surface area contributed by atoms with E-state index in [-0.39, 0.29) is 6.10 Å². The van der Waals surface area contributed by atoms with Crippen molar-refractivity contribution < 1.29 is 4.74 Å². The standard InChI is InChI=1S/C19H35N3O/c1-5-22(6-2)14-8-13-21-12-7-9-17-10-11-19(18(20)15-17)23-16(3)4/h10-11,15-16,21H,5-9,12-14,20H2,1-4H3. The van der Waals surface area contributed by atoms with Crippen LogP contribution in [-0.2, 0) is 6.42 Å². The molecule has 23 heavy (non-hydrogen) atoms. The van der Waals surface area contributed by atoms with Gasteiger partial charge in [-0.3, -0.25) is 0 Å². The van der Waals surface area contributed by atoms with Crippen LogP contribution in [0.3, 0.4) is 0 Å². The molecule has 0 bridgehead atoms. The molecule has 0 aliphatic carbocycles. The second kappa shape index (κ2) is 11.3. The summed E-state index contributed by atoms with van der Waals surface area (Å²) < 4.78 is 5.67. The van der Waals surface area contributed by atoms with Gasteiger partial charge in [-0.05, 0) is 83.5 Å². The maximum Gasteiger partial charge on any atom is 0.142 e. The van der Waals surface area contributed by atoms with Gasteiger partial charge in [-0.15, -0.1) is 0 Å². The normalized spacial score (nSPS) is 11.4. The van der Waals surface area contributed by atoms with Crippen LogP contribution in [0.2, 0.25) is 0 Å². The Bertz CT molecular complexity index is 431. The number of anilines is 1. The van der Waals surface area contributed by atoms with Crippen molar-refractivity contribution in [1.82, 2.24) is 10.2 Å². The lowest BCUT2D eigenvalue weighted by Gasteiger charge is -2.17. The van der Waals surface area contributed by atoms with Gasteiger partial charge in [0.1, 0.15) is 5.75 Å². The van der Waals surface area contributed by atoms with Crippen LogP contribution in [-0.4, -0.2) is 43.7 Å². The summed E-state index contributed by atoms with van der Waals surface area (Å²) in [4.78, 5) is 2.46. The lowest BCUT2D eigenvalue weighted by atomic mass is 10.1. The fourth-order valence-electron chi connectivity index (χ4n) is 2.62. The lowest BCUT2D eigenvalue weighted by molar-refractivity contribution is 0.244. The summed E-state index contributed by atoms with van der Waals surface area (Å²) in [5.74, 6) is 0.790. The van der Waals surface area contributed by atoms with Crippen LogP contribution in [0, 0.1) is 0 Å². The summed E-state index contributed by atoms with van der Waals surface area (Å²) in [5.41, 5.74) is 8.07. The molecule has 0 heterocycles. The number of hydrogen-bond acceptors (Lipinski definition) is 4. The van der Waals surface area contributed by atoms with Crippen LogP contribution >= 0.6 is 0 Å². The summed E-state index contributed by atoms with van der Waals surface area (Å²) in [6.07, 6.45) is 3.56. The Morgan fingerprint density at radius 3 is 2.43 bits per heavy atom. The van der Waals surface area contributed by atoms with E-state index in [0.717, 1.165) is 50.5 Å². The average Bonchev–Trinajstić information content (AvgIpc) is 2.52. The monoisotopic (exact) mass is 321 g/mol. The van der Waals surface area contributed by atoms with Crippen molar-refractivity contribution >= 4 is 5.69 Å². The zero-order valence-corrected chi connectivity index (χ0v) is 15.4. The molecule has 1 rings (SSSR count). The van der Waals surface area contributed by atoms with Gasteiger partial charge < -0.3 is 20.7 Å². The molecule has 0 fully saturated rings. The molecule has 4 nitrogen and oxygen atoms in total. The third-order valence-corrected chi connectivity index (χ3v) is 3.98. The van der Waals surface area contributed by atoms with Crippen LogP contribution in [0.5, 0.6) is 5.75 Å². The highest BCUT2D eigenvalue weighted by atomic mass is 16.5. The van der Waals surface area contributed by atoms with Gasteiger partial charge in [0.15, 0.2) is 0 Å². The van der Waals surface area contributed by atoms with E-state index in [1.165, 1.54) is 18.5 Å². The summed E-state index contributed by atoms with van der Waals surface area (Å²) >= 11 is 0. The molecule has 0 saturated heterocycles. The minimum absolute atomic E-state index is 0.156. The third-order valence-electron chi connectivity index (χ3n) is 3.98. The number of rotatable bonds is 12. The molecule has 4 heteroatoms. The van der Waals surface area contributed by atoms with Crippen LogP contribution in [0.25, 0.3) is 0 Å². The largest absolute Gasteiger partial charge is 0.489 e. The number of aryl methyl sites for hydroxylation is 1. The second-order valence-corrected chi connectivity index (χ2v) is 6.27. The summed E-state index contributed by atoms with van der Waals surface area (Å²) in [6, 6.07) is 6.15. The number of benzene rings is 1. The van der Waals surface area contributed by atoms with E-state index in [1.54, 1.807) is 0 Å². The maximum absolute atomic E-state index is 6.05. The maximum atomic E-state index is 6.05. The van der Waals surface area contributed by atoms with Crippen molar-refractivity contribution in [1.29, 1.82) is 0 Å². The van der Waals surface area contributed by atoms with Crippen molar-refractivity contribution in [2.45, 2.75) is 53.1 Å². The Labute approximate surface area is 142 Å². The zero-order chi connectivity index (χ0) is 17.1. The van der Waals surface area contributed by atoms with Crippen molar-refractivity contribution in [2.75, 3.05) is 38.5 Å². The number of ether oxygens (including phenoxy) is 1. The van der Waals surface area contributed by atoms with Crippen molar-refractivity contribution in [3.63, 3.8) is 0 Å². The highest BCUT2D eigenvalue weighted by Crippen LogP contribution is 2.24. The number of nitrogen functional groups attached to an aromatic ring is 1. The van der Waals surface area contributed by atoms with E-state index in [0.29, 0.717) is 0 Å². The van der Waals surface area contributed by atoms with Gasteiger partial charge in [0.2, 0.25) is 0 Å². The van der Waals surface area contributed by atoms with E-state index in [2.05, 4.69) is 30.1 Å². The highest BCUT2D eigenvalue weighted by molar-refractivity contribution is 5.54. The first-order valence-corrected chi connectivity index (χ1v) is 9.04. The van der Waals surface area contributed by atoms with Crippen LogP contribution < -0.4 is 15.8 Å². The van der Waals surface area contributed by atoms with Crippen molar-refractivity contribution in [3.05, 3.63) is 23.8 Å². The number of nitrogens with two attached hydrogens (primary N) is 1. The fourth-order valence-corrected chi connectivity index (χ4v) is 2.62. The molecule has 1 aromatic carbocycles. The van der Waals surface area contributed by atoms with E-state index < -0.39 is 0 Å². The predicted octanol–water partition coefficient (Wildman–Crippen LogP) is 3.31. The molecule has 1 aromatic rings. The number of hydrogen-bond donors (Lipinski definition) is 2. The average molecular weight is 322 g/mol. The topological polar surface area (TPSA) is 50.5 Å². The van der Waals surface area contributed by atoms with Gasteiger partial charge in [0.25, 0.3) is 0 Å². The molecule has 0 saturated carbocycles. The molecule has 3 N–H and O–H groups in total. The van der Waals surface area contributed by atoms with Crippen LogP contribution in [0.1, 0.15) is 46.1 Å². The molecular formula is C19H35N3O. The molecular weight excluding hydrogens is 286 g/mol. The first-order valence-electron chi connectivity index (χ1n) is 9.04. The quantitative estimate of drug-likeness (QED) is 0.458. The van der Waals surface area contributed by atoms with Gasteiger partial charge in [-0.25, -0.2) is 0 Å². The first-order chi connectivity index (χ1) is 11.1. The van der Waals surface area contributed by atoms with Gasteiger partial charge in [0, 0.05) is 0 Å². The first kappa shape index (κ1) is 19.8. The number of nitrogens with zero attached hydrogens (tertiary/aromatic N) is 1. The van der Waals surface area contributed by atoms with Gasteiger partial charge in [-0.2, -0.15) is 0 Å². The Morgan fingerprint density at radius 1 is 1.13 bits per heavy atom. The van der Waals surface area contributed by atoms with Gasteiger partial charge in [0.05, 0.1) is 11.8 Å². The Morgan fingerprint density at radius 2 is 1.83 bits per heavy atom. The van der Waals surface area contributed by atoms with E-state index in [1.807, 2.05) is 26.0 Å². The van der Waals surface area contributed by atoms with Crippen LogP contribution in [0.4, 0.5) is 5.69 Å². The second-order valence-electron chi connectivity index (χ2n) is 6.27. The van der Waals surface area contributed by atoms with Crippen LogP contribution in [0.15, 0.2) is 18.2 Å². The lowest BCUT2D eigenvalue weighted by Crippen LogP contribution is -2.27. The molecule has 0 radical (unpaired) electrons. The highest BCUT2D eigenvalue weighted by Gasteiger charge is 2.04. The fraction of sp³-hybridized carbons (Fsp3) is 0.684. The summed E-state index contributed by atoms with van der Waals surface area (Å²) in [6.45, 7) is 14.1. The van der Waals surface area contributed by atoms with Gasteiger partial charge in [-0.1, -0.05) is 19.9 Å². The molecule has 132 valence electrons. The molecule has 0 atom stereocenters. The molecule has 0 amide bonds. The third kappa shape index (κ3) is 8.24.